The van der Waals surface area contributed by atoms with Crippen LogP contribution in [0.2, 0.25) is 0 Å². The zero-order valence-electron chi connectivity index (χ0n) is 15.0. The van der Waals surface area contributed by atoms with E-state index in [4.69, 9.17) is 0 Å². The second-order valence-electron chi connectivity index (χ2n) is 5.70. The maximum atomic E-state index is 13.0. The van der Waals surface area contributed by atoms with E-state index in [0.29, 0.717) is 13.0 Å². The molecule has 10 heteroatoms. The van der Waals surface area contributed by atoms with Gasteiger partial charge in [0.25, 0.3) is 10.2 Å². The fraction of sp³-hybridized carbons (Fsp3) is 0.562. The fourth-order valence-electron chi connectivity index (χ4n) is 2.24. The number of carbonyl (C=O) groups is 1. The molecule has 1 N–H and O–H groups in total. The third-order valence-electron chi connectivity index (χ3n) is 3.73. The predicted octanol–water partition coefficient (Wildman–Crippen LogP) is 2.94. The number of amides is 1. The lowest BCUT2D eigenvalue weighted by Crippen LogP contribution is -2.45. The molecule has 0 radical (unpaired) electrons. The highest BCUT2D eigenvalue weighted by Crippen LogP contribution is 2.34. The van der Waals surface area contributed by atoms with Gasteiger partial charge >= 0.3 is 6.18 Å². The Labute approximate surface area is 152 Å². The van der Waals surface area contributed by atoms with E-state index in [1.807, 2.05) is 6.92 Å². The molecule has 1 aromatic rings. The van der Waals surface area contributed by atoms with Crippen molar-refractivity contribution in [3.05, 3.63) is 29.8 Å². The van der Waals surface area contributed by atoms with Crippen molar-refractivity contribution < 1.29 is 26.4 Å². The van der Waals surface area contributed by atoms with E-state index >= 15 is 0 Å². The second-order valence-corrected chi connectivity index (χ2v) is 7.74. The van der Waals surface area contributed by atoms with Crippen molar-refractivity contribution in [1.29, 1.82) is 0 Å². The van der Waals surface area contributed by atoms with E-state index in [0.717, 1.165) is 27.2 Å². The number of para-hydroxylation sites is 1. The molecule has 26 heavy (non-hydrogen) atoms. The summed E-state index contributed by atoms with van der Waals surface area (Å²) >= 11 is 0. The number of carbonyl (C=O) groups excluding carboxylic acids is 1. The molecule has 0 bridgehead atoms. The minimum atomic E-state index is -4.62. The van der Waals surface area contributed by atoms with Crippen molar-refractivity contribution in [2.24, 2.45) is 0 Å². The average molecular weight is 395 g/mol. The summed E-state index contributed by atoms with van der Waals surface area (Å²) < 4.78 is 65.9. The molecule has 0 aliphatic carbocycles. The third kappa shape index (κ3) is 5.96. The van der Waals surface area contributed by atoms with E-state index in [1.54, 1.807) is 6.92 Å². The standard InChI is InChI=1S/C16H24F3N3O3S/c1-4-6-11-21(3)26(24,25)22(5-2)12-15(23)20-14-10-8-7-9-13(14)16(17,18)19/h7-10H,4-6,11-12H2,1-3H3,(H,20,23). The van der Waals surface area contributed by atoms with Gasteiger partial charge in [-0.3, -0.25) is 4.79 Å². The monoisotopic (exact) mass is 395 g/mol. The highest BCUT2D eigenvalue weighted by Gasteiger charge is 2.34. The van der Waals surface area contributed by atoms with Crippen molar-refractivity contribution in [3.63, 3.8) is 0 Å². The number of hydrogen-bond acceptors (Lipinski definition) is 3. The van der Waals surface area contributed by atoms with Gasteiger partial charge in [-0.25, -0.2) is 0 Å². The van der Waals surface area contributed by atoms with E-state index < -0.39 is 40.1 Å². The molecule has 0 aliphatic rings. The van der Waals surface area contributed by atoms with Gasteiger partial charge in [-0.15, -0.1) is 0 Å². The largest absolute Gasteiger partial charge is 0.418 e. The molecule has 0 unspecified atom stereocenters. The van der Waals surface area contributed by atoms with E-state index in [2.05, 4.69) is 5.32 Å². The summed E-state index contributed by atoms with van der Waals surface area (Å²) in [4.78, 5) is 12.1. The summed E-state index contributed by atoms with van der Waals surface area (Å²) in [5.41, 5.74) is -1.39. The van der Waals surface area contributed by atoms with Gasteiger partial charge in [0.15, 0.2) is 0 Å². The summed E-state index contributed by atoms with van der Waals surface area (Å²) in [6, 6.07) is 4.54. The Morgan fingerprint density at radius 2 is 1.81 bits per heavy atom. The van der Waals surface area contributed by atoms with Crippen LogP contribution < -0.4 is 5.32 Å². The molecule has 0 spiro atoms. The Kier molecular flexibility index (Phi) is 8.04. The maximum Gasteiger partial charge on any atom is 0.418 e. The molecule has 0 saturated heterocycles. The van der Waals surface area contributed by atoms with Crippen LogP contribution in [0.3, 0.4) is 0 Å². The van der Waals surface area contributed by atoms with Gasteiger partial charge in [0.2, 0.25) is 5.91 Å². The smallest absolute Gasteiger partial charge is 0.324 e. The Morgan fingerprint density at radius 1 is 1.19 bits per heavy atom. The average Bonchev–Trinajstić information content (AvgIpc) is 2.56. The van der Waals surface area contributed by atoms with Crippen LogP contribution in [0.5, 0.6) is 0 Å². The Morgan fingerprint density at radius 3 is 2.35 bits per heavy atom. The van der Waals surface area contributed by atoms with Crippen LogP contribution in [0.4, 0.5) is 18.9 Å². The van der Waals surface area contributed by atoms with Crippen LogP contribution in [0.1, 0.15) is 32.3 Å². The SMILES string of the molecule is CCCCN(C)S(=O)(=O)N(CC)CC(=O)Nc1ccccc1C(F)(F)F. The molecule has 0 aromatic heterocycles. The molecule has 1 amide bonds. The van der Waals surface area contributed by atoms with Crippen molar-refractivity contribution in [3.8, 4) is 0 Å². The van der Waals surface area contributed by atoms with Crippen molar-refractivity contribution in [2.75, 3.05) is 32.0 Å². The molecular formula is C16H24F3N3O3S. The lowest BCUT2D eigenvalue weighted by atomic mass is 10.1. The van der Waals surface area contributed by atoms with Gasteiger partial charge < -0.3 is 5.32 Å². The zero-order valence-corrected chi connectivity index (χ0v) is 15.8. The summed E-state index contributed by atoms with van der Waals surface area (Å²) in [5, 5.41) is 2.15. The van der Waals surface area contributed by atoms with Crippen LogP contribution in [-0.4, -0.2) is 49.6 Å². The van der Waals surface area contributed by atoms with Crippen LogP contribution in [0.25, 0.3) is 0 Å². The lowest BCUT2D eigenvalue weighted by Gasteiger charge is -2.26. The summed E-state index contributed by atoms with van der Waals surface area (Å²) in [6.07, 6.45) is -3.15. The van der Waals surface area contributed by atoms with Gasteiger partial charge in [0, 0.05) is 20.1 Å². The fourth-order valence-corrected chi connectivity index (χ4v) is 3.60. The van der Waals surface area contributed by atoms with Gasteiger partial charge in [0.05, 0.1) is 17.8 Å². The number of benzene rings is 1. The minimum absolute atomic E-state index is 0.0210. The number of anilines is 1. The molecule has 1 rings (SSSR count). The number of nitrogens with zero attached hydrogens (tertiary/aromatic N) is 2. The predicted molar refractivity (Wildman–Crippen MR) is 93.8 cm³/mol. The quantitative estimate of drug-likeness (QED) is 0.699. The molecule has 6 nitrogen and oxygen atoms in total. The van der Waals surface area contributed by atoms with Crippen molar-refractivity contribution >= 4 is 21.8 Å². The highest BCUT2D eigenvalue weighted by molar-refractivity contribution is 7.86. The summed E-state index contributed by atoms with van der Waals surface area (Å²) in [5.74, 6) is -0.837. The summed E-state index contributed by atoms with van der Waals surface area (Å²) in [6.45, 7) is 3.23. The number of likely N-dealkylation sites (N-methyl/N-ethyl adjacent to an activating group) is 1. The van der Waals surface area contributed by atoms with Crippen LogP contribution in [0.15, 0.2) is 24.3 Å². The molecular weight excluding hydrogens is 371 g/mol. The van der Waals surface area contributed by atoms with Gasteiger partial charge in [-0.05, 0) is 18.6 Å². The molecule has 0 saturated carbocycles. The van der Waals surface area contributed by atoms with Crippen LogP contribution >= 0.6 is 0 Å². The summed E-state index contributed by atoms with van der Waals surface area (Å²) in [7, 11) is -2.46. The van der Waals surface area contributed by atoms with E-state index in [1.165, 1.54) is 19.2 Å². The lowest BCUT2D eigenvalue weighted by molar-refractivity contribution is -0.137. The van der Waals surface area contributed by atoms with Crippen molar-refractivity contribution in [1.82, 2.24) is 8.61 Å². The van der Waals surface area contributed by atoms with Gasteiger partial charge in [-0.2, -0.15) is 30.2 Å². The van der Waals surface area contributed by atoms with Crippen LogP contribution in [-0.2, 0) is 21.2 Å². The highest BCUT2D eigenvalue weighted by atomic mass is 32.2. The third-order valence-corrected chi connectivity index (χ3v) is 5.74. The number of hydrogen-bond donors (Lipinski definition) is 1. The van der Waals surface area contributed by atoms with E-state index in [9.17, 15) is 26.4 Å². The molecule has 0 heterocycles. The topological polar surface area (TPSA) is 69.7 Å². The molecule has 1 aromatic carbocycles. The molecule has 0 fully saturated rings. The first-order valence-electron chi connectivity index (χ1n) is 8.21. The number of nitrogens with one attached hydrogen (secondary N) is 1. The number of alkyl halides is 3. The maximum absolute atomic E-state index is 13.0. The van der Waals surface area contributed by atoms with Gasteiger partial charge in [-0.1, -0.05) is 32.4 Å². The molecule has 0 aliphatic heterocycles. The normalized spacial score (nSPS) is 12.6. The van der Waals surface area contributed by atoms with Crippen molar-refractivity contribution in [2.45, 2.75) is 32.9 Å². The number of halogens is 3. The Hall–Kier alpha value is -1.65. The minimum Gasteiger partial charge on any atom is -0.324 e. The Balaban J connectivity index is 2.89. The first-order valence-corrected chi connectivity index (χ1v) is 9.61. The van der Waals surface area contributed by atoms with E-state index in [-0.39, 0.29) is 6.54 Å². The zero-order chi connectivity index (χ0) is 20.0. The van der Waals surface area contributed by atoms with Crippen LogP contribution in [0, 0.1) is 0 Å². The molecule has 0 atom stereocenters. The second kappa shape index (κ2) is 9.33. The first kappa shape index (κ1) is 22.4. The molecule has 148 valence electrons. The van der Waals surface area contributed by atoms with Gasteiger partial charge in [0.1, 0.15) is 0 Å². The number of unbranched alkanes of at least 4 members (excludes halogenated alkanes) is 1. The Bertz CT molecular complexity index is 708. The first-order chi connectivity index (χ1) is 12.0. The number of rotatable bonds is 9.